The lowest BCUT2D eigenvalue weighted by Crippen LogP contribution is -1.93. The normalized spacial score (nSPS) is 17.9. The molecule has 0 aliphatic heterocycles. The average Bonchev–Trinajstić information content (AvgIpc) is 2.55. The number of fused-ring (bicyclic) bond motifs is 1. The molecule has 68 valence electrons. The summed E-state index contributed by atoms with van der Waals surface area (Å²) in [6.07, 6.45) is 2.03. The predicted molar refractivity (Wildman–Crippen MR) is 59.6 cm³/mol. The summed E-state index contributed by atoms with van der Waals surface area (Å²) in [6, 6.07) is 4.14. The van der Waals surface area contributed by atoms with E-state index >= 15 is 0 Å². The fourth-order valence-corrected chi connectivity index (χ4v) is 2.33. The van der Waals surface area contributed by atoms with E-state index in [1.165, 1.54) is 21.2 Å². The van der Waals surface area contributed by atoms with Crippen LogP contribution in [-0.4, -0.2) is 5.71 Å². The number of halogens is 2. The highest BCUT2D eigenvalue weighted by Crippen LogP contribution is 2.30. The van der Waals surface area contributed by atoms with E-state index in [0.717, 1.165) is 18.6 Å². The first-order chi connectivity index (χ1) is 6.24. The second-order valence-corrected chi connectivity index (χ2v) is 4.25. The second kappa shape index (κ2) is 3.43. The number of rotatable bonds is 0. The van der Waals surface area contributed by atoms with Crippen LogP contribution >= 0.6 is 27.7 Å². The Morgan fingerprint density at radius 3 is 2.85 bits per heavy atom. The Hall–Kier alpha value is -0.340. The van der Waals surface area contributed by atoms with Crippen molar-refractivity contribution in [2.45, 2.75) is 19.8 Å². The molecule has 0 atom stereocenters. The van der Waals surface area contributed by atoms with Crippen LogP contribution in [0.2, 0.25) is 0 Å². The minimum Gasteiger partial charge on any atom is -0.182 e. The minimum atomic E-state index is 0.968. The van der Waals surface area contributed by atoms with Gasteiger partial charge in [0.15, 0.2) is 0 Å². The summed E-state index contributed by atoms with van der Waals surface area (Å²) in [6.45, 7) is 2.13. The van der Waals surface area contributed by atoms with Gasteiger partial charge in [-0.1, -0.05) is 22.0 Å². The van der Waals surface area contributed by atoms with Crippen molar-refractivity contribution in [1.29, 1.82) is 0 Å². The van der Waals surface area contributed by atoms with E-state index in [2.05, 4.69) is 39.5 Å². The predicted octanol–water partition coefficient (Wildman–Crippen LogP) is 3.65. The van der Waals surface area contributed by atoms with Gasteiger partial charge in [-0.2, -0.15) is 4.51 Å². The molecule has 13 heavy (non-hydrogen) atoms. The zero-order valence-corrected chi connectivity index (χ0v) is 9.61. The summed E-state index contributed by atoms with van der Waals surface area (Å²) >= 11 is 9.02. The molecule has 0 spiro atoms. The van der Waals surface area contributed by atoms with Gasteiger partial charge in [-0.15, -0.1) is 0 Å². The molecule has 3 heteroatoms. The molecule has 0 unspecified atom stereocenters. The van der Waals surface area contributed by atoms with Crippen molar-refractivity contribution >= 4 is 33.4 Å². The zero-order chi connectivity index (χ0) is 9.42. The zero-order valence-electron chi connectivity index (χ0n) is 7.27. The quantitative estimate of drug-likeness (QED) is 0.674. The van der Waals surface area contributed by atoms with Crippen molar-refractivity contribution in [2.75, 3.05) is 0 Å². The monoisotopic (exact) mass is 257 g/mol. The maximum atomic E-state index is 5.50. The number of nitrogens with zero attached hydrogens (tertiary/aromatic N) is 1. The molecule has 0 heterocycles. The molecule has 0 fully saturated rings. The Morgan fingerprint density at radius 2 is 2.15 bits per heavy atom. The van der Waals surface area contributed by atoms with E-state index in [9.17, 15) is 0 Å². The maximum absolute atomic E-state index is 5.50. The van der Waals surface area contributed by atoms with Crippen molar-refractivity contribution in [3.63, 3.8) is 0 Å². The fourth-order valence-electron chi connectivity index (χ4n) is 1.79. The third-order valence-electron chi connectivity index (χ3n) is 2.56. The molecule has 2 rings (SSSR count). The van der Waals surface area contributed by atoms with Crippen molar-refractivity contribution < 1.29 is 0 Å². The first-order valence-corrected chi connectivity index (χ1v) is 5.33. The first-order valence-electron chi connectivity index (χ1n) is 4.20. The molecule has 0 saturated carbocycles. The van der Waals surface area contributed by atoms with Gasteiger partial charge in [0, 0.05) is 21.8 Å². The average molecular weight is 259 g/mol. The molecule has 1 aliphatic carbocycles. The molecule has 1 aliphatic rings. The molecule has 1 aromatic rings. The van der Waals surface area contributed by atoms with E-state index in [1.54, 1.807) is 0 Å². The van der Waals surface area contributed by atoms with Gasteiger partial charge in [0.1, 0.15) is 0 Å². The van der Waals surface area contributed by atoms with Crippen LogP contribution in [0, 0.1) is 6.92 Å². The standard InChI is InChI=1S/C10H9BrClN/c1-6-7-3-5-10(13-12)8(7)2-4-9(6)11/h2,4H,3,5H2,1H3. The molecule has 0 bridgehead atoms. The molecular weight excluding hydrogens is 249 g/mol. The topological polar surface area (TPSA) is 12.4 Å². The summed E-state index contributed by atoms with van der Waals surface area (Å²) < 4.78 is 4.94. The van der Waals surface area contributed by atoms with E-state index in [-0.39, 0.29) is 0 Å². The third kappa shape index (κ3) is 1.42. The molecule has 0 N–H and O–H groups in total. The van der Waals surface area contributed by atoms with E-state index < -0.39 is 0 Å². The van der Waals surface area contributed by atoms with Gasteiger partial charge in [-0.25, -0.2) is 0 Å². The van der Waals surface area contributed by atoms with Crippen LogP contribution in [0.5, 0.6) is 0 Å². The number of hydrogen-bond acceptors (Lipinski definition) is 1. The summed E-state index contributed by atoms with van der Waals surface area (Å²) in [5.74, 6) is 0. The van der Waals surface area contributed by atoms with Crippen molar-refractivity contribution in [2.24, 2.45) is 4.51 Å². The lowest BCUT2D eigenvalue weighted by atomic mass is 10.0. The Balaban J connectivity index is 2.64. The van der Waals surface area contributed by atoms with Crippen LogP contribution in [-0.2, 0) is 6.42 Å². The minimum absolute atomic E-state index is 0.968. The largest absolute Gasteiger partial charge is 0.182 e. The highest BCUT2D eigenvalue weighted by molar-refractivity contribution is 9.10. The molecule has 0 saturated heterocycles. The van der Waals surface area contributed by atoms with Crippen LogP contribution in [0.3, 0.4) is 0 Å². The highest BCUT2D eigenvalue weighted by Gasteiger charge is 2.19. The maximum Gasteiger partial charge on any atom is 0.0629 e. The van der Waals surface area contributed by atoms with Crippen molar-refractivity contribution in [3.05, 3.63) is 33.3 Å². The van der Waals surface area contributed by atoms with Gasteiger partial charge in [0.25, 0.3) is 0 Å². The molecule has 0 amide bonds. The summed E-state index contributed by atoms with van der Waals surface area (Å²) in [4.78, 5) is 0. The molecule has 0 aromatic heterocycles. The lowest BCUT2D eigenvalue weighted by molar-refractivity contribution is 1.07. The van der Waals surface area contributed by atoms with E-state index in [0.29, 0.717) is 0 Å². The Morgan fingerprint density at radius 1 is 1.38 bits per heavy atom. The van der Waals surface area contributed by atoms with Gasteiger partial charge in [-0.05, 0) is 37.0 Å². The van der Waals surface area contributed by atoms with Crippen molar-refractivity contribution in [1.82, 2.24) is 0 Å². The summed E-state index contributed by atoms with van der Waals surface area (Å²) in [5, 5.41) is 0. The third-order valence-corrected chi connectivity index (χ3v) is 3.62. The molecular formula is C10H9BrClN. The van der Waals surface area contributed by atoms with Gasteiger partial charge in [-0.3, -0.25) is 0 Å². The van der Waals surface area contributed by atoms with Gasteiger partial charge < -0.3 is 0 Å². The Kier molecular flexibility index (Phi) is 2.43. The van der Waals surface area contributed by atoms with Crippen LogP contribution in [0.15, 0.2) is 21.1 Å². The second-order valence-electron chi connectivity index (χ2n) is 3.23. The van der Waals surface area contributed by atoms with Crippen LogP contribution < -0.4 is 0 Å². The van der Waals surface area contributed by atoms with Crippen LogP contribution in [0.4, 0.5) is 0 Å². The first kappa shape index (κ1) is 9.22. The molecule has 0 radical (unpaired) electrons. The SMILES string of the molecule is Cc1c(Br)ccc2c1CCC2=NCl. The number of hydrogen-bond donors (Lipinski definition) is 0. The summed E-state index contributed by atoms with van der Waals surface area (Å²) in [7, 11) is 0. The molecule has 1 nitrogen and oxygen atoms in total. The Bertz CT molecular complexity index is 385. The fraction of sp³-hybridized carbons (Fsp3) is 0.300. The van der Waals surface area contributed by atoms with Crippen molar-refractivity contribution in [3.8, 4) is 0 Å². The highest BCUT2D eigenvalue weighted by atomic mass is 79.9. The van der Waals surface area contributed by atoms with E-state index in [4.69, 9.17) is 11.8 Å². The van der Waals surface area contributed by atoms with Gasteiger partial charge in [0.05, 0.1) is 5.71 Å². The lowest BCUT2D eigenvalue weighted by Gasteiger charge is -2.04. The van der Waals surface area contributed by atoms with E-state index in [1.807, 2.05) is 0 Å². The summed E-state index contributed by atoms with van der Waals surface area (Å²) in [5.41, 5.74) is 4.93. The Labute approximate surface area is 91.1 Å². The van der Waals surface area contributed by atoms with Gasteiger partial charge >= 0.3 is 0 Å². The number of benzene rings is 1. The smallest absolute Gasteiger partial charge is 0.0629 e. The van der Waals surface area contributed by atoms with Crippen LogP contribution in [0.25, 0.3) is 0 Å². The van der Waals surface area contributed by atoms with Gasteiger partial charge in [0.2, 0.25) is 0 Å². The molecule has 1 aromatic carbocycles. The van der Waals surface area contributed by atoms with Crippen LogP contribution in [0.1, 0.15) is 23.1 Å².